The molecule has 0 unspecified atom stereocenters. The minimum atomic E-state index is 0.405. The number of hydrogen-bond donors (Lipinski definition) is 3. The van der Waals surface area contributed by atoms with Crippen LogP contribution in [-0.4, -0.2) is 9.97 Å². The average molecular weight is 285 g/mol. The van der Waals surface area contributed by atoms with Gasteiger partial charge in [-0.05, 0) is 48.6 Å². The molecule has 0 saturated heterocycles. The molecule has 0 aliphatic carbocycles. The van der Waals surface area contributed by atoms with Crippen LogP contribution in [0.5, 0.6) is 0 Å². The van der Waals surface area contributed by atoms with E-state index in [2.05, 4.69) is 52.8 Å². The zero-order chi connectivity index (χ0) is 14.1. The molecule has 0 amide bonds. The van der Waals surface area contributed by atoms with Gasteiger partial charge in [0.25, 0.3) is 0 Å². The first kappa shape index (κ1) is 12.8. The molecule has 3 aromatic rings. The largest absolute Gasteiger partial charge is 0.339 e. The van der Waals surface area contributed by atoms with E-state index in [1.54, 1.807) is 11.3 Å². The summed E-state index contributed by atoms with van der Waals surface area (Å²) in [6.07, 6.45) is 0. The third-order valence-electron chi connectivity index (χ3n) is 2.92. The van der Waals surface area contributed by atoms with E-state index in [4.69, 9.17) is 5.84 Å². The zero-order valence-electron chi connectivity index (χ0n) is 11.3. The highest BCUT2D eigenvalue weighted by Gasteiger charge is 2.09. The summed E-state index contributed by atoms with van der Waals surface area (Å²) in [5, 5.41) is 5.35. The summed E-state index contributed by atoms with van der Waals surface area (Å²) in [4.78, 5) is 8.71. The number of fused-ring (bicyclic) bond motifs is 1. The van der Waals surface area contributed by atoms with Crippen LogP contribution < -0.4 is 16.6 Å². The van der Waals surface area contributed by atoms with Gasteiger partial charge in [-0.15, -0.1) is 11.3 Å². The highest BCUT2D eigenvalue weighted by atomic mass is 32.1. The number of nitrogens with one attached hydrogen (secondary N) is 2. The average Bonchev–Trinajstić information content (AvgIpc) is 2.85. The Balaban J connectivity index is 2.07. The first-order chi connectivity index (χ1) is 9.65. The van der Waals surface area contributed by atoms with Crippen molar-refractivity contribution >= 4 is 39.0 Å². The van der Waals surface area contributed by atoms with Gasteiger partial charge in [0.15, 0.2) is 5.82 Å². The minimum Gasteiger partial charge on any atom is -0.339 e. The number of hydrazine groups is 1. The maximum Gasteiger partial charge on any atom is 0.239 e. The monoisotopic (exact) mass is 285 g/mol. The van der Waals surface area contributed by atoms with Gasteiger partial charge in [-0.1, -0.05) is 6.07 Å². The van der Waals surface area contributed by atoms with Gasteiger partial charge in [0.05, 0.1) is 10.2 Å². The second kappa shape index (κ2) is 5.07. The molecule has 2 heterocycles. The minimum absolute atomic E-state index is 0.405. The van der Waals surface area contributed by atoms with Crippen LogP contribution in [0.1, 0.15) is 11.1 Å². The summed E-state index contributed by atoms with van der Waals surface area (Å²) >= 11 is 1.60. The maximum absolute atomic E-state index is 5.42. The Labute approximate surface area is 120 Å². The molecule has 102 valence electrons. The number of hydrogen-bond acceptors (Lipinski definition) is 6. The van der Waals surface area contributed by atoms with Crippen molar-refractivity contribution < 1.29 is 0 Å². The number of thiophene rings is 1. The Bertz CT molecular complexity index is 745. The predicted molar refractivity (Wildman–Crippen MR) is 84.4 cm³/mol. The molecule has 1 aromatic carbocycles. The fraction of sp³-hybridized carbons (Fsp3) is 0.143. The standard InChI is InChI=1S/C14H15N5S/c1-8-5-9(2)7-10(6-8)16-13-12-11(3-4-20-12)17-14(18-13)19-15/h3-7H,15H2,1-2H3,(H2,16,17,18,19). The van der Waals surface area contributed by atoms with Gasteiger partial charge in [0.2, 0.25) is 5.95 Å². The number of anilines is 3. The molecule has 0 aliphatic rings. The summed E-state index contributed by atoms with van der Waals surface area (Å²) in [5.74, 6) is 6.59. The van der Waals surface area contributed by atoms with Crippen molar-refractivity contribution in [3.63, 3.8) is 0 Å². The normalized spacial score (nSPS) is 10.8. The molecule has 0 fully saturated rings. The van der Waals surface area contributed by atoms with Crippen molar-refractivity contribution in [1.29, 1.82) is 0 Å². The Morgan fingerprint density at radius 2 is 1.85 bits per heavy atom. The fourth-order valence-electron chi connectivity index (χ4n) is 2.20. The van der Waals surface area contributed by atoms with E-state index in [-0.39, 0.29) is 0 Å². The molecular weight excluding hydrogens is 270 g/mol. The van der Waals surface area contributed by atoms with Crippen LogP contribution in [0.25, 0.3) is 10.2 Å². The van der Waals surface area contributed by atoms with Crippen molar-refractivity contribution in [2.75, 3.05) is 10.7 Å². The van der Waals surface area contributed by atoms with Crippen LogP contribution in [-0.2, 0) is 0 Å². The van der Waals surface area contributed by atoms with Gasteiger partial charge >= 0.3 is 0 Å². The molecule has 5 nitrogen and oxygen atoms in total. The SMILES string of the molecule is Cc1cc(C)cc(Nc2nc(NN)nc3ccsc23)c1. The van der Waals surface area contributed by atoms with Crippen molar-refractivity contribution in [3.8, 4) is 0 Å². The number of rotatable bonds is 3. The summed E-state index contributed by atoms with van der Waals surface area (Å²) in [6, 6.07) is 8.27. The van der Waals surface area contributed by atoms with Gasteiger partial charge in [-0.25, -0.2) is 10.8 Å². The number of nitrogens with two attached hydrogens (primary N) is 1. The number of nitrogen functional groups attached to an aromatic ring is 1. The highest BCUT2D eigenvalue weighted by Crippen LogP contribution is 2.29. The number of aryl methyl sites for hydroxylation is 2. The molecule has 0 spiro atoms. The van der Waals surface area contributed by atoms with Crippen LogP contribution >= 0.6 is 11.3 Å². The Morgan fingerprint density at radius 3 is 2.55 bits per heavy atom. The van der Waals surface area contributed by atoms with E-state index >= 15 is 0 Å². The van der Waals surface area contributed by atoms with Crippen molar-refractivity contribution in [3.05, 3.63) is 40.8 Å². The van der Waals surface area contributed by atoms with Gasteiger partial charge in [-0.3, -0.25) is 5.43 Å². The van der Waals surface area contributed by atoms with Gasteiger partial charge in [-0.2, -0.15) is 4.98 Å². The van der Waals surface area contributed by atoms with Gasteiger partial charge < -0.3 is 5.32 Å². The molecular formula is C14H15N5S. The molecule has 0 aliphatic heterocycles. The molecule has 6 heteroatoms. The lowest BCUT2D eigenvalue weighted by atomic mass is 10.1. The van der Waals surface area contributed by atoms with Crippen molar-refractivity contribution in [2.24, 2.45) is 5.84 Å². The number of nitrogens with zero attached hydrogens (tertiary/aromatic N) is 2. The van der Waals surface area contributed by atoms with Gasteiger partial charge in [0.1, 0.15) is 0 Å². The number of benzene rings is 1. The van der Waals surface area contributed by atoms with E-state index in [9.17, 15) is 0 Å². The number of aromatic nitrogens is 2. The topological polar surface area (TPSA) is 75.9 Å². The van der Waals surface area contributed by atoms with E-state index in [1.807, 2.05) is 11.4 Å². The maximum atomic E-state index is 5.42. The van der Waals surface area contributed by atoms with E-state index in [1.165, 1.54) is 11.1 Å². The molecule has 3 rings (SSSR count). The Kier molecular flexibility index (Phi) is 3.25. The lowest BCUT2D eigenvalue weighted by Gasteiger charge is -2.10. The second-order valence-corrected chi connectivity index (χ2v) is 5.59. The quantitative estimate of drug-likeness (QED) is 0.508. The third kappa shape index (κ3) is 2.43. The second-order valence-electron chi connectivity index (χ2n) is 4.68. The molecule has 20 heavy (non-hydrogen) atoms. The van der Waals surface area contributed by atoms with Crippen LogP contribution in [0, 0.1) is 13.8 Å². The Morgan fingerprint density at radius 1 is 1.10 bits per heavy atom. The lowest BCUT2D eigenvalue weighted by molar-refractivity contribution is 1.15. The van der Waals surface area contributed by atoms with Crippen LogP contribution in [0.15, 0.2) is 29.6 Å². The molecule has 0 radical (unpaired) electrons. The molecule has 0 bridgehead atoms. The summed E-state index contributed by atoms with van der Waals surface area (Å²) < 4.78 is 1.02. The van der Waals surface area contributed by atoms with Crippen LogP contribution in [0.2, 0.25) is 0 Å². The van der Waals surface area contributed by atoms with Crippen LogP contribution in [0.3, 0.4) is 0 Å². The first-order valence-electron chi connectivity index (χ1n) is 6.23. The van der Waals surface area contributed by atoms with E-state index < -0.39 is 0 Å². The van der Waals surface area contributed by atoms with Crippen LogP contribution in [0.4, 0.5) is 17.5 Å². The lowest BCUT2D eigenvalue weighted by Crippen LogP contribution is -2.11. The molecule has 2 aromatic heterocycles. The first-order valence-corrected chi connectivity index (χ1v) is 7.11. The smallest absolute Gasteiger partial charge is 0.239 e. The molecule has 4 N–H and O–H groups in total. The summed E-state index contributed by atoms with van der Waals surface area (Å²) in [5.41, 5.74) is 6.81. The van der Waals surface area contributed by atoms with E-state index in [0.29, 0.717) is 5.95 Å². The van der Waals surface area contributed by atoms with Crippen molar-refractivity contribution in [1.82, 2.24) is 9.97 Å². The van der Waals surface area contributed by atoms with E-state index in [0.717, 1.165) is 21.7 Å². The van der Waals surface area contributed by atoms with Gasteiger partial charge in [0, 0.05) is 5.69 Å². The predicted octanol–water partition coefficient (Wildman–Crippen LogP) is 3.34. The third-order valence-corrected chi connectivity index (χ3v) is 3.83. The Hall–Kier alpha value is -2.18. The zero-order valence-corrected chi connectivity index (χ0v) is 12.1. The highest BCUT2D eigenvalue weighted by molar-refractivity contribution is 7.17. The molecule has 0 atom stereocenters. The summed E-state index contributed by atoms with van der Waals surface area (Å²) in [6.45, 7) is 4.15. The molecule has 0 saturated carbocycles. The van der Waals surface area contributed by atoms with Crippen molar-refractivity contribution in [2.45, 2.75) is 13.8 Å². The fourth-order valence-corrected chi connectivity index (χ4v) is 2.97. The summed E-state index contributed by atoms with van der Waals surface area (Å²) in [7, 11) is 0.